The number of benzene rings is 1. The summed E-state index contributed by atoms with van der Waals surface area (Å²) in [6.07, 6.45) is 0. The van der Waals surface area contributed by atoms with Crippen LogP contribution in [0.2, 0.25) is 0 Å². The zero-order chi connectivity index (χ0) is 12.4. The van der Waals surface area contributed by atoms with Crippen molar-refractivity contribution in [2.75, 3.05) is 5.32 Å². The Balaban J connectivity index is 2.11. The smallest absolute Gasteiger partial charge is 0.205 e. The van der Waals surface area contributed by atoms with Crippen molar-refractivity contribution in [3.63, 3.8) is 0 Å². The fraction of sp³-hybridized carbons (Fsp3) is 0.385. The van der Waals surface area contributed by atoms with Crippen molar-refractivity contribution in [2.45, 2.75) is 34.2 Å². The third-order valence-electron chi connectivity index (χ3n) is 2.91. The highest BCUT2D eigenvalue weighted by Gasteiger charge is 2.04. The molecule has 0 bridgehead atoms. The topological polar surface area (TPSA) is 37.8 Å². The number of anilines is 1. The Kier molecular flexibility index (Phi) is 3.43. The summed E-state index contributed by atoms with van der Waals surface area (Å²) in [5.41, 5.74) is 5.32. The first-order valence-electron chi connectivity index (χ1n) is 5.67. The zero-order valence-electron chi connectivity index (χ0n) is 10.7. The maximum absolute atomic E-state index is 4.06. The SMILES string of the molecule is Cc1nnc(NCc2cc(C)c(C)cc2C)s1. The van der Waals surface area contributed by atoms with Crippen LogP contribution >= 0.6 is 11.3 Å². The molecular formula is C13H17N3S. The van der Waals surface area contributed by atoms with Gasteiger partial charge in [-0.1, -0.05) is 23.5 Å². The second-order valence-corrected chi connectivity index (χ2v) is 5.52. The third-order valence-corrected chi connectivity index (χ3v) is 3.70. The molecule has 1 heterocycles. The molecule has 4 heteroatoms. The molecule has 0 spiro atoms. The van der Waals surface area contributed by atoms with Gasteiger partial charge in [0.2, 0.25) is 5.13 Å². The summed E-state index contributed by atoms with van der Waals surface area (Å²) in [5, 5.41) is 13.2. The van der Waals surface area contributed by atoms with Crippen LogP contribution in [-0.2, 0) is 6.54 Å². The Morgan fingerprint density at radius 2 is 1.71 bits per heavy atom. The monoisotopic (exact) mass is 247 g/mol. The highest BCUT2D eigenvalue weighted by molar-refractivity contribution is 7.15. The molecule has 0 aliphatic carbocycles. The number of nitrogens with one attached hydrogen (secondary N) is 1. The molecule has 0 amide bonds. The summed E-state index contributed by atoms with van der Waals surface area (Å²) in [6.45, 7) is 9.21. The predicted molar refractivity (Wildman–Crippen MR) is 72.6 cm³/mol. The van der Waals surface area contributed by atoms with Crippen LogP contribution in [0.3, 0.4) is 0 Å². The van der Waals surface area contributed by atoms with Crippen LogP contribution in [0.15, 0.2) is 12.1 Å². The van der Waals surface area contributed by atoms with E-state index in [1.165, 1.54) is 22.3 Å². The molecule has 2 aromatic rings. The van der Waals surface area contributed by atoms with E-state index in [-0.39, 0.29) is 0 Å². The van der Waals surface area contributed by atoms with E-state index >= 15 is 0 Å². The molecular weight excluding hydrogens is 230 g/mol. The number of nitrogens with zero attached hydrogens (tertiary/aromatic N) is 2. The van der Waals surface area contributed by atoms with Crippen molar-refractivity contribution >= 4 is 16.5 Å². The molecule has 0 radical (unpaired) electrons. The van der Waals surface area contributed by atoms with E-state index in [9.17, 15) is 0 Å². The average Bonchev–Trinajstić information content (AvgIpc) is 2.68. The summed E-state index contributed by atoms with van der Waals surface area (Å²) in [7, 11) is 0. The number of rotatable bonds is 3. The molecule has 3 nitrogen and oxygen atoms in total. The largest absolute Gasteiger partial charge is 0.356 e. The summed E-state index contributed by atoms with van der Waals surface area (Å²) >= 11 is 1.59. The molecule has 0 saturated heterocycles. The van der Waals surface area contributed by atoms with Gasteiger partial charge in [-0.25, -0.2) is 0 Å². The van der Waals surface area contributed by atoms with E-state index in [4.69, 9.17) is 0 Å². The van der Waals surface area contributed by atoms with E-state index in [0.717, 1.165) is 16.7 Å². The maximum Gasteiger partial charge on any atom is 0.205 e. The highest BCUT2D eigenvalue weighted by atomic mass is 32.1. The first-order chi connectivity index (χ1) is 8.06. The molecule has 0 aliphatic rings. The molecule has 2 rings (SSSR count). The normalized spacial score (nSPS) is 10.6. The summed E-state index contributed by atoms with van der Waals surface area (Å²) < 4.78 is 0. The molecule has 0 unspecified atom stereocenters. The molecule has 1 aromatic carbocycles. The molecule has 0 atom stereocenters. The second kappa shape index (κ2) is 4.84. The Hall–Kier alpha value is -1.42. The van der Waals surface area contributed by atoms with Gasteiger partial charge in [0.05, 0.1) is 0 Å². The van der Waals surface area contributed by atoms with Gasteiger partial charge in [0, 0.05) is 6.54 Å². The van der Waals surface area contributed by atoms with Gasteiger partial charge in [0.25, 0.3) is 0 Å². The third kappa shape index (κ3) is 2.82. The number of aromatic nitrogens is 2. The molecule has 0 saturated carbocycles. The maximum atomic E-state index is 4.06. The first-order valence-corrected chi connectivity index (χ1v) is 6.48. The van der Waals surface area contributed by atoms with E-state index in [1.54, 1.807) is 11.3 Å². The average molecular weight is 247 g/mol. The van der Waals surface area contributed by atoms with Crippen molar-refractivity contribution in [1.29, 1.82) is 0 Å². The zero-order valence-corrected chi connectivity index (χ0v) is 11.5. The number of hydrogen-bond acceptors (Lipinski definition) is 4. The van der Waals surface area contributed by atoms with Crippen LogP contribution in [0, 0.1) is 27.7 Å². The van der Waals surface area contributed by atoms with Crippen LogP contribution in [0.4, 0.5) is 5.13 Å². The van der Waals surface area contributed by atoms with E-state index in [2.05, 4.69) is 48.4 Å². The van der Waals surface area contributed by atoms with Crippen molar-refractivity contribution in [2.24, 2.45) is 0 Å². The van der Waals surface area contributed by atoms with Crippen LogP contribution in [-0.4, -0.2) is 10.2 Å². The molecule has 0 fully saturated rings. The minimum atomic E-state index is 0.807. The van der Waals surface area contributed by atoms with Gasteiger partial charge in [0.1, 0.15) is 5.01 Å². The Labute approximate surface area is 106 Å². The van der Waals surface area contributed by atoms with Gasteiger partial charge in [-0.15, -0.1) is 10.2 Å². The van der Waals surface area contributed by atoms with Gasteiger partial charge >= 0.3 is 0 Å². The number of aryl methyl sites for hydroxylation is 4. The second-order valence-electron chi connectivity index (χ2n) is 4.34. The van der Waals surface area contributed by atoms with Crippen molar-refractivity contribution in [1.82, 2.24) is 10.2 Å². The van der Waals surface area contributed by atoms with Crippen LogP contribution < -0.4 is 5.32 Å². The first kappa shape index (κ1) is 12.0. The van der Waals surface area contributed by atoms with Gasteiger partial charge < -0.3 is 5.32 Å². The lowest BCUT2D eigenvalue weighted by molar-refractivity contribution is 1.02. The standard InChI is InChI=1S/C13H17N3S/c1-8-5-10(3)12(6-9(8)2)7-14-13-16-15-11(4)17-13/h5-6H,7H2,1-4H3,(H,14,16). The van der Waals surface area contributed by atoms with Gasteiger partial charge in [0.15, 0.2) is 0 Å². The Morgan fingerprint density at radius 3 is 2.35 bits per heavy atom. The van der Waals surface area contributed by atoms with E-state index < -0.39 is 0 Å². The van der Waals surface area contributed by atoms with Crippen molar-refractivity contribution in [3.8, 4) is 0 Å². The highest BCUT2D eigenvalue weighted by Crippen LogP contribution is 2.18. The molecule has 0 aliphatic heterocycles. The van der Waals surface area contributed by atoms with Crippen LogP contribution in [0.1, 0.15) is 27.3 Å². The van der Waals surface area contributed by atoms with Crippen LogP contribution in [0.5, 0.6) is 0 Å². The Bertz CT molecular complexity index is 531. The lowest BCUT2D eigenvalue weighted by Crippen LogP contribution is -2.02. The lowest BCUT2D eigenvalue weighted by atomic mass is 10.0. The molecule has 17 heavy (non-hydrogen) atoms. The fourth-order valence-corrected chi connectivity index (χ4v) is 2.34. The molecule has 1 N–H and O–H groups in total. The van der Waals surface area contributed by atoms with Crippen LogP contribution in [0.25, 0.3) is 0 Å². The van der Waals surface area contributed by atoms with Crippen molar-refractivity contribution in [3.05, 3.63) is 39.4 Å². The lowest BCUT2D eigenvalue weighted by Gasteiger charge is -2.10. The minimum absolute atomic E-state index is 0.807. The quantitative estimate of drug-likeness (QED) is 0.903. The summed E-state index contributed by atoms with van der Waals surface area (Å²) in [6, 6.07) is 4.48. The van der Waals surface area contributed by atoms with Gasteiger partial charge in [-0.05, 0) is 49.9 Å². The van der Waals surface area contributed by atoms with Gasteiger partial charge in [-0.2, -0.15) is 0 Å². The summed E-state index contributed by atoms with van der Waals surface area (Å²) in [4.78, 5) is 0. The van der Waals surface area contributed by atoms with Gasteiger partial charge in [-0.3, -0.25) is 0 Å². The Morgan fingerprint density at radius 1 is 1.00 bits per heavy atom. The summed E-state index contributed by atoms with van der Waals surface area (Å²) in [5.74, 6) is 0. The predicted octanol–water partition coefficient (Wildman–Crippen LogP) is 3.38. The fourth-order valence-electron chi connectivity index (χ4n) is 1.75. The minimum Gasteiger partial charge on any atom is -0.356 e. The van der Waals surface area contributed by atoms with E-state index in [1.807, 2.05) is 6.92 Å². The van der Waals surface area contributed by atoms with E-state index in [0.29, 0.717) is 0 Å². The molecule has 1 aromatic heterocycles. The van der Waals surface area contributed by atoms with Crippen molar-refractivity contribution < 1.29 is 0 Å². The number of hydrogen-bond donors (Lipinski definition) is 1. The molecule has 90 valence electrons.